The molecular formula is C27H28ClNO6S. The number of imide groups is 1. The maximum atomic E-state index is 13.0. The van der Waals surface area contributed by atoms with E-state index in [0.717, 1.165) is 27.8 Å². The molecule has 7 nitrogen and oxygen atoms in total. The van der Waals surface area contributed by atoms with E-state index >= 15 is 0 Å². The van der Waals surface area contributed by atoms with Crippen molar-refractivity contribution in [2.75, 3.05) is 13.2 Å². The predicted octanol–water partition coefficient (Wildman–Crippen LogP) is 6.03. The molecular weight excluding hydrogens is 502 g/mol. The summed E-state index contributed by atoms with van der Waals surface area (Å²) in [5.41, 5.74) is 2.42. The number of hydrogen-bond donors (Lipinski definition) is 0. The van der Waals surface area contributed by atoms with E-state index in [1.54, 1.807) is 37.3 Å². The summed E-state index contributed by atoms with van der Waals surface area (Å²) in [5.74, 6) is -0.0870. The zero-order valence-electron chi connectivity index (χ0n) is 20.4. The van der Waals surface area contributed by atoms with Crippen LogP contribution in [-0.4, -0.2) is 41.3 Å². The van der Waals surface area contributed by atoms with Gasteiger partial charge in [-0.3, -0.25) is 14.5 Å². The first kappa shape index (κ1) is 27.4. The first-order chi connectivity index (χ1) is 17.3. The average molecular weight is 530 g/mol. The van der Waals surface area contributed by atoms with Crippen molar-refractivity contribution in [2.24, 2.45) is 0 Å². The van der Waals surface area contributed by atoms with E-state index in [2.05, 4.69) is 6.58 Å². The number of benzene rings is 2. The van der Waals surface area contributed by atoms with E-state index in [-0.39, 0.29) is 11.5 Å². The number of carbonyl (C=O) groups excluding carboxylic acids is 3. The van der Waals surface area contributed by atoms with Gasteiger partial charge in [0.15, 0.2) is 11.5 Å². The number of nitrogens with zero attached hydrogens (tertiary/aromatic N) is 1. The van der Waals surface area contributed by atoms with Gasteiger partial charge in [-0.1, -0.05) is 29.8 Å². The quantitative estimate of drug-likeness (QED) is 0.199. The second-order valence-electron chi connectivity index (χ2n) is 7.83. The summed E-state index contributed by atoms with van der Waals surface area (Å²) in [6, 6.07) is 9.98. The van der Waals surface area contributed by atoms with E-state index in [4.69, 9.17) is 25.8 Å². The van der Waals surface area contributed by atoms with Gasteiger partial charge in [0.1, 0.15) is 12.6 Å². The number of esters is 1. The number of halogens is 1. The lowest BCUT2D eigenvalue weighted by molar-refractivity contribution is -0.150. The Hall–Kier alpha value is -3.23. The minimum atomic E-state index is -1.01. The fourth-order valence-electron chi connectivity index (χ4n) is 3.57. The van der Waals surface area contributed by atoms with E-state index in [1.807, 2.05) is 25.1 Å². The van der Waals surface area contributed by atoms with Gasteiger partial charge in [-0.25, -0.2) is 4.79 Å². The van der Waals surface area contributed by atoms with Gasteiger partial charge in [0.2, 0.25) is 0 Å². The monoisotopic (exact) mass is 529 g/mol. The second kappa shape index (κ2) is 12.6. The van der Waals surface area contributed by atoms with Crippen LogP contribution in [0, 0.1) is 0 Å². The Labute approximate surface area is 220 Å². The van der Waals surface area contributed by atoms with Crippen molar-refractivity contribution in [1.29, 1.82) is 0 Å². The summed E-state index contributed by atoms with van der Waals surface area (Å²) in [7, 11) is 0. The Bertz CT molecular complexity index is 1180. The Morgan fingerprint density at radius 1 is 1.14 bits per heavy atom. The summed E-state index contributed by atoms with van der Waals surface area (Å²) in [4.78, 5) is 38.7. The zero-order chi connectivity index (χ0) is 26.2. The molecule has 36 heavy (non-hydrogen) atoms. The highest BCUT2D eigenvalue weighted by molar-refractivity contribution is 8.18. The molecule has 1 atom stereocenters. The Balaban J connectivity index is 1.92. The topological polar surface area (TPSA) is 82.1 Å². The zero-order valence-corrected chi connectivity index (χ0v) is 22.0. The van der Waals surface area contributed by atoms with Crippen molar-refractivity contribution in [3.05, 3.63) is 75.7 Å². The van der Waals surface area contributed by atoms with Gasteiger partial charge < -0.3 is 14.2 Å². The van der Waals surface area contributed by atoms with Gasteiger partial charge in [-0.05, 0) is 80.4 Å². The Morgan fingerprint density at radius 3 is 2.50 bits per heavy atom. The van der Waals surface area contributed by atoms with E-state index < -0.39 is 23.2 Å². The minimum absolute atomic E-state index is 0.161. The van der Waals surface area contributed by atoms with Gasteiger partial charge >= 0.3 is 5.97 Å². The molecule has 2 aromatic carbocycles. The normalized spacial score (nSPS) is 15.2. The first-order valence-corrected chi connectivity index (χ1v) is 12.7. The van der Waals surface area contributed by atoms with Crippen LogP contribution < -0.4 is 9.47 Å². The third-order valence-corrected chi connectivity index (χ3v) is 6.39. The van der Waals surface area contributed by atoms with Crippen molar-refractivity contribution in [1.82, 2.24) is 4.90 Å². The molecule has 1 aliphatic heterocycles. The molecule has 3 rings (SSSR count). The number of rotatable bonds is 11. The number of carbonyl (C=O) groups is 3. The van der Waals surface area contributed by atoms with Crippen LogP contribution in [0.5, 0.6) is 11.5 Å². The smallest absolute Gasteiger partial charge is 0.329 e. The highest BCUT2D eigenvalue weighted by Crippen LogP contribution is 2.38. The molecule has 0 aliphatic carbocycles. The number of hydrogen-bond acceptors (Lipinski definition) is 7. The maximum Gasteiger partial charge on any atom is 0.329 e. The number of ether oxygens (including phenoxy) is 3. The van der Waals surface area contributed by atoms with Crippen molar-refractivity contribution in [3.8, 4) is 11.5 Å². The van der Waals surface area contributed by atoms with Gasteiger partial charge in [-0.2, -0.15) is 0 Å². The van der Waals surface area contributed by atoms with Crippen LogP contribution in [0.2, 0.25) is 5.02 Å². The fourth-order valence-corrected chi connectivity index (χ4v) is 4.60. The lowest BCUT2D eigenvalue weighted by Gasteiger charge is -2.19. The molecule has 2 aromatic rings. The van der Waals surface area contributed by atoms with Crippen LogP contribution in [0.4, 0.5) is 4.79 Å². The summed E-state index contributed by atoms with van der Waals surface area (Å²) < 4.78 is 17.0. The van der Waals surface area contributed by atoms with Crippen molar-refractivity contribution >= 4 is 46.6 Å². The van der Waals surface area contributed by atoms with Gasteiger partial charge in [0.05, 0.1) is 18.1 Å². The number of thioether (sulfide) groups is 1. The molecule has 9 heteroatoms. The van der Waals surface area contributed by atoms with Crippen LogP contribution in [0.1, 0.15) is 37.5 Å². The van der Waals surface area contributed by atoms with Crippen LogP contribution in [0.25, 0.3) is 6.08 Å². The molecule has 1 heterocycles. The SMILES string of the molecule is C=CCc1cc(/C=C2/SC(=O)N([C@H](C)C(=O)OCC)C2=O)cc(OCC)c1OCc1ccc(Cl)cc1. The van der Waals surface area contributed by atoms with Crippen LogP contribution in [-0.2, 0) is 27.4 Å². The molecule has 1 aliphatic rings. The fraction of sp³-hybridized carbons (Fsp3) is 0.296. The largest absolute Gasteiger partial charge is 0.490 e. The van der Waals surface area contributed by atoms with Gasteiger partial charge in [0, 0.05) is 10.6 Å². The molecule has 0 bridgehead atoms. The van der Waals surface area contributed by atoms with Gasteiger partial charge in [0.25, 0.3) is 11.1 Å². The van der Waals surface area contributed by atoms with Crippen LogP contribution in [0.15, 0.2) is 54.0 Å². The lowest BCUT2D eigenvalue weighted by Crippen LogP contribution is -2.42. The van der Waals surface area contributed by atoms with Crippen molar-refractivity contribution in [3.63, 3.8) is 0 Å². The predicted molar refractivity (Wildman–Crippen MR) is 141 cm³/mol. The molecule has 0 aromatic heterocycles. The third kappa shape index (κ3) is 6.50. The third-order valence-electron chi connectivity index (χ3n) is 5.25. The van der Waals surface area contributed by atoms with E-state index in [9.17, 15) is 14.4 Å². The second-order valence-corrected chi connectivity index (χ2v) is 9.26. The Kier molecular flexibility index (Phi) is 9.61. The maximum absolute atomic E-state index is 13.0. The summed E-state index contributed by atoms with van der Waals surface area (Å²) in [5, 5.41) is 0.123. The molecule has 190 valence electrons. The average Bonchev–Trinajstić information content (AvgIpc) is 3.12. The molecule has 2 amide bonds. The molecule has 0 N–H and O–H groups in total. The molecule has 1 saturated heterocycles. The molecule has 0 saturated carbocycles. The highest BCUT2D eigenvalue weighted by atomic mass is 35.5. The minimum Gasteiger partial charge on any atom is -0.490 e. The van der Waals surface area contributed by atoms with Crippen molar-refractivity contribution in [2.45, 2.75) is 39.8 Å². The van der Waals surface area contributed by atoms with E-state index in [0.29, 0.717) is 41.7 Å². The van der Waals surface area contributed by atoms with E-state index in [1.165, 1.54) is 6.92 Å². The lowest BCUT2D eigenvalue weighted by atomic mass is 10.0. The van der Waals surface area contributed by atoms with Crippen LogP contribution >= 0.6 is 23.4 Å². The molecule has 0 unspecified atom stereocenters. The summed E-state index contributed by atoms with van der Waals surface area (Å²) in [6.45, 7) is 9.72. The van der Waals surface area contributed by atoms with Gasteiger partial charge in [-0.15, -0.1) is 6.58 Å². The highest BCUT2D eigenvalue weighted by Gasteiger charge is 2.41. The molecule has 0 radical (unpaired) electrons. The number of allylic oxidation sites excluding steroid dienone is 1. The summed E-state index contributed by atoms with van der Waals surface area (Å²) >= 11 is 6.75. The number of amides is 2. The summed E-state index contributed by atoms with van der Waals surface area (Å²) in [6.07, 6.45) is 3.86. The van der Waals surface area contributed by atoms with Crippen LogP contribution in [0.3, 0.4) is 0 Å². The Morgan fingerprint density at radius 2 is 1.86 bits per heavy atom. The van der Waals surface area contributed by atoms with Crippen molar-refractivity contribution < 1.29 is 28.6 Å². The first-order valence-electron chi connectivity index (χ1n) is 11.5. The molecule has 0 spiro atoms. The standard InChI is InChI=1S/C27H28ClNO6S/c1-5-8-20-13-19(15-23-25(30)29(27(32)36-23)17(4)26(31)34-7-3)14-22(33-6-2)24(20)35-16-18-9-11-21(28)12-10-18/h5,9-15,17H,1,6-8,16H2,2-4H3/b23-15+/t17-/m1/s1. The molecule has 1 fully saturated rings.